The van der Waals surface area contributed by atoms with Crippen molar-refractivity contribution in [1.29, 1.82) is 0 Å². The Balaban J connectivity index is 1.61. The number of ether oxygens (including phenoxy) is 1. The van der Waals surface area contributed by atoms with Gasteiger partial charge in [0.1, 0.15) is 11.3 Å². The van der Waals surface area contributed by atoms with Crippen LogP contribution < -0.4 is 15.8 Å². The predicted molar refractivity (Wildman–Crippen MR) is 132 cm³/mol. The monoisotopic (exact) mass is 466 g/mol. The van der Waals surface area contributed by atoms with Crippen LogP contribution in [0, 0.1) is 12.8 Å². The third-order valence-electron chi connectivity index (χ3n) is 5.84. The lowest BCUT2D eigenvalue weighted by molar-refractivity contribution is -0.133. The number of nitrogens with one attached hydrogen (secondary N) is 1. The summed E-state index contributed by atoms with van der Waals surface area (Å²) in [6.45, 7) is 3.60. The van der Waals surface area contributed by atoms with Crippen LogP contribution in [0.2, 0.25) is 0 Å². The van der Waals surface area contributed by atoms with Crippen LogP contribution in [0.5, 0.6) is 5.75 Å². The van der Waals surface area contributed by atoms with Gasteiger partial charge in [0.25, 0.3) is 0 Å². The molecule has 1 aromatic heterocycles. The smallest absolute Gasteiger partial charge is 0.339 e. The summed E-state index contributed by atoms with van der Waals surface area (Å²) >= 11 is 0. The second-order valence-electron chi connectivity index (χ2n) is 9.02. The molecule has 7 heteroatoms. The predicted octanol–water partition coefficient (Wildman–Crippen LogP) is 4.12. The molecule has 0 aliphatic carbocycles. The number of fused-ring (bicyclic) bond motifs is 1. The average Bonchev–Trinajstić information content (AvgIpc) is 2.81. The Morgan fingerprint density at radius 2 is 1.97 bits per heavy atom. The minimum Gasteiger partial charge on any atom is -0.494 e. The van der Waals surface area contributed by atoms with Crippen molar-refractivity contribution in [3.63, 3.8) is 0 Å². The molecule has 1 atom stereocenters. The maximum Gasteiger partial charge on any atom is 0.339 e. The maximum absolute atomic E-state index is 12.5. The molecule has 0 bridgehead atoms. The minimum atomic E-state index is -0.541. The summed E-state index contributed by atoms with van der Waals surface area (Å²) in [6.07, 6.45) is 3.16. The largest absolute Gasteiger partial charge is 0.494 e. The molecular formula is C27H34N2O5. The standard InChI is InChI=1S/C27H34N2O5/c1-19-11-12-25-22(15-19)18-23(27(31)34-25)17-21(26(30)28-32)9-4-7-20-8-5-10-24(16-20)33-14-6-13-29(2)3/h5,8,10-12,15-16,18,21,32H,4,6-7,9,13-14,17H2,1-3H3,(H,28,30). The number of amides is 1. The SMILES string of the molecule is Cc1ccc2oc(=O)c(CC(CCCc3cccc(OCCCN(C)C)c3)C(=O)NO)cc2c1. The number of aryl methyl sites for hydroxylation is 2. The van der Waals surface area contributed by atoms with Gasteiger partial charge in [-0.05, 0) is 89.0 Å². The molecule has 1 unspecified atom stereocenters. The van der Waals surface area contributed by atoms with Crippen LogP contribution in [0.4, 0.5) is 0 Å². The summed E-state index contributed by atoms with van der Waals surface area (Å²) in [4.78, 5) is 26.9. The summed E-state index contributed by atoms with van der Waals surface area (Å²) in [5.41, 5.74) is 4.42. The Hall–Kier alpha value is -3.16. The van der Waals surface area contributed by atoms with Crippen LogP contribution in [0.25, 0.3) is 11.0 Å². The van der Waals surface area contributed by atoms with Gasteiger partial charge < -0.3 is 14.1 Å². The molecule has 2 aromatic carbocycles. The first-order valence-corrected chi connectivity index (χ1v) is 11.7. The third-order valence-corrected chi connectivity index (χ3v) is 5.84. The molecule has 0 saturated heterocycles. The van der Waals surface area contributed by atoms with Gasteiger partial charge in [0, 0.05) is 23.4 Å². The highest BCUT2D eigenvalue weighted by molar-refractivity contribution is 5.79. The fourth-order valence-corrected chi connectivity index (χ4v) is 4.02. The van der Waals surface area contributed by atoms with Crippen molar-refractivity contribution in [2.75, 3.05) is 27.2 Å². The van der Waals surface area contributed by atoms with E-state index >= 15 is 0 Å². The Labute approximate surface area is 200 Å². The van der Waals surface area contributed by atoms with Gasteiger partial charge >= 0.3 is 5.63 Å². The van der Waals surface area contributed by atoms with Gasteiger partial charge in [-0.1, -0.05) is 23.8 Å². The number of benzene rings is 2. The van der Waals surface area contributed by atoms with E-state index in [1.54, 1.807) is 17.6 Å². The molecule has 1 heterocycles. The Morgan fingerprint density at radius 3 is 2.74 bits per heavy atom. The first-order chi connectivity index (χ1) is 16.4. The first kappa shape index (κ1) is 25.5. The van der Waals surface area contributed by atoms with Crippen molar-refractivity contribution in [2.45, 2.75) is 39.0 Å². The molecule has 0 aliphatic rings. The van der Waals surface area contributed by atoms with Crippen molar-refractivity contribution >= 4 is 16.9 Å². The van der Waals surface area contributed by atoms with E-state index < -0.39 is 17.5 Å². The number of hydrogen-bond acceptors (Lipinski definition) is 6. The number of hydroxylamine groups is 1. The summed E-state index contributed by atoms with van der Waals surface area (Å²) in [5.74, 6) is -0.202. The van der Waals surface area contributed by atoms with Crippen LogP contribution in [-0.2, 0) is 17.6 Å². The Morgan fingerprint density at radius 1 is 1.15 bits per heavy atom. The van der Waals surface area contributed by atoms with Crippen LogP contribution in [0.15, 0.2) is 57.7 Å². The fourth-order valence-electron chi connectivity index (χ4n) is 4.02. The number of carbonyl (C=O) groups is 1. The molecule has 2 N–H and O–H groups in total. The van der Waals surface area contributed by atoms with Crippen LogP contribution in [0.3, 0.4) is 0 Å². The lowest BCUT2D eigenvalue weighted by atomic mass is 9.92. The molecule has 3 rings (SSSR count). The number of hydrogen-bond donors (Lipinski definition) is 2. The number of nitrogens with zero attached hydrogens (tertiary/aromatic N) is 1. The molecule has 0 radical (unpaired) electrons. The lowest BCUT2D eigenvalue weighted by Gasteiger charge is -2.15. The van der Waals surface area contributed by atoms with Gasteiger partial charge in [0.15, 0.2) is 0 Å². The Bertz CT molecular complexity index is 1160. The minimum absolute atomic E-state index is 0.202. The van der Waals surface area contributed by atoms with Crippen molar-refractivity contribution in [3.05, 3.63) is 75.6 Å². The zero-order valence-corrected chi connectivity index (χ0v) is 20.2. The molecule has 0 fully saturated rings. The summed E-state index contributed by atoms with van der Waals surface area (Å²) < 4.78 is 11.3. The van der Waals surface area contributed by atoms with Gasteiger partial charge in [-0.2, -0.15) is 0 Å². The fraction of sp³-hybridized carbons (Fsp3) is 0.407. The van der Waals surface area contributed by atoms with Crippen LogP contribution >= 0.6 is 0 Å². The van der Waals surface area contributed by atoms with Crippen LogP contribution in [0.1, 0.15) is 36.0 Å². The van der Waals surface area contributed by atoms with Gasteiger partial charge in [-0.25, -0.2) is 10.3 Å². The topological polar surface area (TPSA) is 92.0 Å². The van der Waals surface area contributed by atoms with Gasteiger partial charge in [0.05, 0.1) is 6.61 Å². The second-order valence-corrected chi connectivity index (χ2v) is 9.02. The zero-order valence-electron chi connectivity index (χ0n) is 20.2. The molecule has 7 nitrogen and oxygen atoms in total. The highest BCUT2D eigenvalue weighted by atomic mass is 16.5. The first-order valence-electron chi connectivity index (χ1n) is 11.7. The number of rotatable bonds is 12. The molecule has 0 aliphatic heterocycles. The van der Waals surface area contributed by atoms with E-state index in [1.807, 2.05) is 57.4 Å². The third kappa shape index (κ3) is 7.43. The quantitative estimate of drug-likeness (QED) is 0.181. The molecule has 182 valence electrons. The lowest BCUT2D eigenvalue weighted by Crippen LogP contribution is -2.30. The normalized spacial score (nSPS) is 12.1. The van der Waals surface area contributed by atoms with Crippen molar-refractivity contribution in [3.8, 4) is 5.75 Å². The molecule has 1 amide bonds. The number of carbonyl (C=O) groups excluding carboxylic acids is 1. The van der Waals surface area contributed by atoms with E-state index in [1.165, 1.54) is 0 Å². The Kier molecular flexibility index (Phi) is 9.24. The molecular weight excluding hydrogens is 432 g/mol. The molecule has 0 saturated carbocycles. The van der Waals surface area contributed by atoms with E-state index in [2.05, 4.69) is 4.90 Å². The van der Waals surface area contributed by atoms with E-state index in [0.29, 0.717) is 24.2 Å². The zero-order chi connectivity index (χ0) is 24.5. The van der Waals surface area contributed by atoms with Crippen molar-refractivity contribution in [1.82, 2.24) is 10.4 Å². The van der Waals surface area contributed by atoms with Crippen molar-refractivity contribution in [2.24, 2.45) is 5.92 Å². The van der Waals surface area contributed by atoms with Crippen LogP contribution in [-0.4, -0.2) is 43.3 Å². The van der Waals surface area contributed by atoms with E-state index in [-0.39, 0.29) is 6.42 Å². The molecule has 0 spiro atoms. The van der Waals surface area contributed by atoms with E-state index in [0.717, 1.165) is 48.1 Å². The van der Waals surface area contributed by atoms with Gasteiger partial charge in [0.2, 0.25) is 5.91 Å². The highest BCUT2D eigenvalue weighted by Gasteiger charge is 2.21. The average molecular weight is 467 g/mol. The summed E-state index contributed by atoms with van der Waals surface area (Å²) in [6, 6.07) is 15.4. The highest BCUT2D eigenvalue weighted by Crippen LogP contribution is 2.21. The molecule has 34 heavy (non-hydrogen) atoms. The summed E-state index contributed by atoms with van der Waals surface area (Å²) in [5, 5.41) is 10.0. The van der Waals surface area contributed by atoms with E-state index in [4.69, 9.17) is 9.15 Å². The maximum atomic E-state index is 12.5. The van der Waals surface area contributed by atoms with Gasteiger partial charge in [-0.15, -0.1) is 0 Å². The summed E-state index contributed by atoms with van der Waals surface area (Å²) in [7, 11) is 4.08. The second kappa shape index (κ2) is 12.3. The van der Waals surface area contributed by atoms with E-state index in [9.17, 15) is 14.8 Å². The van der Waals surface area contributed by atoms with Crippen molar-refractivity contribution < 1.29 is 19.2 Å². The molecule has 3 aromatic rings. The van der Waals surface area contributed by atoms with Gasteiger partial charge in [-0.3, -0.25) is 10.0 Å².